The maximum absolute atomic E-state index is 5.94. The largest absolute Gasteiger partial charge is 0.356 e. The van der Waals surface area contributed by atoms with Crippen LogP contribution in [0.2, 0.25) is 0 Å². The highest BCUT2D eigenvalue weighted by molar-refractivity contribution is 7.17. The maximum Gasteiger partial charge on any atom is 0.141 e. The Morgan fingerprint density at radius 1 is 1.15 bits per heavy atom. The molecule has 4 nitrogen and oxygen atoms in total. The molecular weight excluding hydrogens is 340 g/mol. The van der Waals surface area contributed by atoms with Gasteiger partial charge in [-0.25, -0.2) is 9.97 Å². The average molecular weight is 373 g/mol. The number of nitrogens with two attached hydrogens (primary N) is 1. The van der Waals surface area contributed by atoms with E-state index < -0.39 is 0 Å². The van der Waals surface area contributed by atoms with Crippen LogP contribution in [0.3, 0.4) is 0 Å². The second-order valence-electron chi connectivity index (χ2n) is 8.39. The fraction of sp³-hybridized carbons (Fsp3) is 0.714. The molecule has 0 spiro atoms. The monoisotopic (exact) mass is 372 g/mol. The van der Waals surface area contributed by atoms with Crippen LogP contribution in [0, 0.1) is 5.92 Å². The van der Waals surface area contributed by atoms with Gasteiger partial charge in [0, 0.05) is 19.1 Å². The second kappa shape index (κ2) is 8.22. The first-order valence-corrected chi connectivity index (χ1v) is 11.3. The van der Waals surface area contributed by atoms with Gasteiger partial charge in [0.1, 0.15) is 17.0 Å². The van der Waals surface area contributed by atoms with Gasteiger partial charge in [-0.3, -0.25) is 0 Å². The van der Waals surface area contributed by atoms with E-state index in [1.165, 1.54) is 73.0 Å². The van der Waals surface area contributed by atoms with Gasteiger partial charge in [0.2, 0.25) is 0 Å². The van der Waals surface area contributed by atoms with Crippen molar-refractivity contribution in [1.29, 1.82) is 0 Å². The smallest absolute Gasteiger partial charge is 0.141 e. The zero-order valence-electron chi connectivity index (χ0n) is 16.0. The van der Waals surface area contributed by atoms with Crippen molar-refractivity contribution in [2.75, 3.05) is 18.0 Å². The molecule has 2 aromatic heterocycles. The molecule has 0 radical (unpaired) electrons. The molecule has 1 atom stereocenters. The number of hydrogen-bond donors (Lipinski definition) is 1. The third-order valence-electron chi connectivity index (χ3n) is 6.37. The number of hydrogen-bond acceptors (Lipinski definition) is 5. The summed E-state index contributed by atoms with van der Waals surface area (Å²) in [4.78, 5) is 13.0. The molecule has 4 rings (SSSR count). The lowest BCUT2D eigenvalue weighted by Crippen LogP contribution is -2.35. The number of rotatable bonds is 5. The minimum Gasteiger partial charge on any atom is -0.356 e. The maximum atomic E-state index is 5.94. The molecule has 2 N–H and O–H groups in total. The van der Waals surface area contributed by atoms with Crippen LogP contribution in [0.4, 0.5) is 5.82 Å². The summed E-state index contributed by atoms with van der Waals surface area (Å²) in [5, 5.41) is 3.73. The van der Waals surface area contributed by atoms with E-state index in [1.54, 1.807) is 17.7 Å². The summed E-state index contributed by atoms with van der Waals surface area (Å²) in [7, 11) is 0. The Bertz CT molecular complexity index is 712. The summed E-state index contributed by atoms with van der Waals surface area (Å²) < 4.78 is 0. The lowest BCUT2D eigenvalue weighted by Gasteiger charge is -2.34. The topological polar surface area (TPSA) is 55.0 Å². The first-order valence-electron chi connectivity index (χ1n) is 10.4. The predicted octanol–water partition coefficient (Wildman–Crippen LogP) is 5.08. The van der Waals surface area contributed by atoms with Gasteiger partial charge >= 0.3 is 0 Å². The van der Waals surface area contributed by atoms with Crippen LogP contribution in [0.25, 0.3) is 10.2 Å². The van der Waals surface area contributed by atoms with E-state index in [1.807, 2.05) is 0 Å². The van der Waals surface area contributed by atoms with E-state index in [9.17, 15) is 0 Å². The van der Waals surface area contributed by atoms with E-state index in [0.717, 1.165) is 25.4 Å². The van der Waals surface area contributed by atoms with Gasteiger partial charge in [-0.1, -0.05) is 19.3 Å². The minimum atomic E-state index is 0.332. The van der Waals surface area contributed by atoms with Gasteiger partial charge in [-0.15, -0.1) is 11.3 Å². The first-order chi connectivity index (χ1) is 12.7. The number of fused-ring (bicyclic) bond motifs is 1. The summed E-state index contributed by atoms with van der Waals surface area (Å²) in [5.74, 6) is 2.74. The van der Waals surface area contributed by atoms with Crippen molar-refractivity contribution in [3.8, 4) is 0 Å². The molecular formula is C21H32N4S. The Hall–Kier alpha value is -1.20. The minimum absolute atomic E-state index is 0.332. The highest BCUT2D eigenvalue weighted by Gasteiger charge is 2.26. The molecule has 0 aromatic carbocycles. The van der Waals surface area contributed by atoms with Crippen LogP contribution in [0.5, 0.6) is 0 Å². The summed E-state index contributed by atoms with van der Waals surface area (Å²) in [5.41, 5.74) is 7.47. The van der Waals surface area contributed by atoms with Crippen molar-refractivity contribution in [3.63, 3.8) is 0 Å². The lowest BCUT2D eigenvalue weighted by atomic mass is 9.84. The molecule has 2 aliphatic rings. The summed E-state index contributed by atoms with van der Waals surface area (Å²) >= 11 is 1.81. The van der Waals surface area contributed by atoms with E-state index in [-0.39, 0.29) is 0 Å². The van der Waals surface area contributed by atoms with Crippen molar-refractivity contribution in [2.24, 2.45) is 11.7 Å². The number of nitrogens with zero attached hydrogens (tertiary/aromatic N) is 3. The molecule has 142 valence electrons. The SMILES string of the molecule is CC(N)CCC1CCN(c2ncnc3scc(C4CCCCC4)c23)CC1. The summed E-state index contributed by atoms with van der Waals surface area (Å²) in [6.07, 6.45) is 13.5. The number of aromatic nitrogens is 2. The molecule has 1 aliphatic heterocycles. The number of anilines is 1. The molecule has 0 amide bonds. The number of thiophene rings is 1. The third-order valence-corrected chi connectivity index (χ3v) is 7.27. The predicted molar refractivity (Wildman–Crippen MR) is 111 cm³/mol. The highest BCUT2D eigenvalue weighted by atomic mass is 32.1. The van der Waals surface area contributed by atoms with Gasteiger partial charge in [0.25, 0.3) is 0 Å². The average Bonchev–Trinajstić information content (AvgIpc) is 3.12. The molecule has 1 unspecified atom stereocenters. The normalized spacial score (nSPS) is 21.4. The molecule has 2 aromatic rings. The van der Waals surface area contributed by atoms with Gasteiger partial charge in [0.15, 0.2) is 0 Å². The molecule has 2 fully saturated rings. The Balaban J connectivity index is 1.52. The van der Waals surface area contributed by atoms with Crippen LogP contribution in [0.1, 0.15) is 76.2 Å². The van der Waals surface area contributed by atoms with E-state index in [0.29, 0.717) is 12.0 Å². The van der Waals surface area contributed by atoms with Gasteiger partial charge in [-0.2, -0.15) is 0 Å². The highest BCUT2D eigenvalue weighted by Crippen LogP contribution is 2.42. The van der Waals surface area contributed by atoms with Gasteiger partial charge in [-0.05, 0) is 68.2 Å². The van der Waals surface area contributed by atoms with Crippen LogP contribution in [-0.4, -0.2) is 29.1 Å². The molecule has 3 heterocycles. The van der Waals surface area contributed by atoms with Crippen molar-refractivity contribution in [3.05, 3.63) is 17.3 Å². The fourth-order valence-corrected chi connectivity index (χ4v) is 5.75. The quantitative estimate of drug-likeness (QED) is 0.795. The van der Waals surface area contributed by atoms with Gasteiger partial charge in [0.05, 0.1) is 5.39 Å². The Kier molecular flexibility index (Phi) is 5.75. The van der Waals surface area contributed by atoms with Gasteiger partial charge < -0.3 is 10.6 Å². The fourth-order valence-electron chi connectivity index (χ4n) is 4.77. The van der Waals surface area contributed by atoms with Crippen LogP contribution in [0.15, 0.2) is 11.7 Å². The molecule has 1 saturated heterocycles. The molecule has 0 bridgehead atoms. The van der Waals surface area contributed by atoms with Crippen LogP contribution in [-0.2, 0) is 0 Å². The van der Waals surface area contributed by atoms with Crippen molar-refractivity contribution >= 4 is 27.4 Å². The Labute approximate surface area is 161 Å². The molecule has 1 saturated carbocycles. The summed E-state index contributed by atoms with van der Waals surface area (Å²) in [6.45, 7) is 4.36. The van der Waals surface area contributed by atoms with Crippen molar-refractivity contribution in [1.82, 2.24) is 9.97 Å². The Morgan fingerprint density at radius 3 is 2.65 bits per heavy atom. The van der Waals surface area contributed by atoms with E-state index in [2.05, 4.69) is 22.2 Å². The standard InChI is InChI=1S/C21H32N4S/c1-15(22)7-8-16-9-11-25(12-10-16)20-19-18(17-5-3-2-4-6-17)13-26-21(19)24-14-23-20/h13-17H,2-12,22H2,1H3. The summed E-state index contributed by atoms with van der Waals surface area (Å²) in [6, 6.07) is 0.332. The molecule has 26 heavy (non-hydrogen) atoms. The van der Waals surface area contributed by atoms with Crippen LogP contribution < -0.4 is 10.6 Å². The second-order valence-corrected chi connectivity index (χ2v) is 9.25. The zero-order chi connectivity index (χ0) is 17.9. The van der Waals surface area contributed by atoms with Crippen molar-refractivity contribution < 1.29 is 0 Å². The number of piperidine rings is 1. The van der Waals surface area contributed by atoms with E-state index in [4.69, 9.17) is 10.7 Å². The third kappa shape index (κ3) is 3.89. The first kappa shape index (κ1) is 18.2. The Morgan fingerprint density at radius 2 is 1.92 bits per heavy atom. The van der Waals surface area contributed by atoms with Crippen molar-refractivity contribution in [2.45, 2.75) is 76.7 Å². The zero-order valence-corrected chi connectivity index (χ0v) is 16.8. The molecule has 5 heteroatoms. The van der Waals surface area contributed by atoms with E-state index >= 15 is 0 Å². The van der Waals surface area contributed by atoms with Crippen LogP contribution >= 0.6 is 11.3 Å². The molecule has 1 aliphatic carbocycles. The lowest BCUT2D eigenvalue weighted by molar-refractivity contribution is 0.362.